The molecule has 0 atom stereocenters. The Morgan fingerprint density at radius 1 is 1.29 bits per heavy atom. The number of carbonyl (C=O) groups excluding carboxylic acids is 1. The van der Waals surface area contributed by atoms with Crippen LogP contribution in [0.2, 0.25) is 0 Å². The second-order valence-electron chi connectivity index (χ2n) is 5.22. The van der Waals surface area contributed by atoms with Gasteiger partial charge in [0.25, 0.3) is 5.91 Å². The van der Waals surface area contributed by atoms with Crippen LogP contribution < -0.4 is 0 Å². The van der Waals surface area contributed by atoms with Gasteiger partial charge in [-0.15, -0.1) is 0 Å². The fourth-order valence-electron chi connectivity index (χ4n) is 2.73. The predicted octanol–water partition coefficient (Wildman–Crippen LogP) is 0.855. The summed E-state index contributed by atoms with van der Waals surface area (Å²) < 4.78 is 1.74. The molecule has 1 aliphatic heterocycles. The lowest BCUT2D eigenvalue weighted by Gasteiger charge is -2.33. The topological polar surface area (TPSA) is 65.2 Å². The molecule has 0 unspecified atom stereocenters. The molecule has 6 nitrogen and oxygen atoms in total. The zero-order valence-corrected chi connectivity index (χ0v) is 12.0. The highest BCUT2D eigenvalue weighted by Crippen LogP contribution is 2.19. The van der Waals surface area contributed by atoms with Crippen molar-refractivity contribution in [3.05, 3.63) is 30.0 Å². The number of aromatic nitrogens is 2. The van der Waals surface area contributed by atoms with E-state index in [-0.39, 0.29) is 5.91 Å². The number of rotatable bonds is 2. The van der Waals surface area contributed by atoms with Gasteiger partial charge in [0.1, 0.15) is 0 Å². The van der Waals surface area contributed by atoms with Gasteiger partial charge in [0, 0.05) is 38.6 Å². The highest BCUT2D eigenvalue weighted by Gasteiger charge is 2.25. The summed E-state index contributed by atoms with van der Waals surface area (Å²) in [4.78, 5) is 16.5. The van der Waals surface area contributed by atoms with Gasteiger partial charge >= 0.3 is 0 Å². The molecule has 0 N–H and O–H groups in total. The minimum Gasteiger partial charge on any atom is -0.335 e. The predicted molar refractivity (Wildman–Crippen MR) is 78.7 cm³/mol. The van der Waals surface area contributed by atoms with Crippen LogP contribution in [0.25, 0.3) is 10.9 Å². The van der Waals surface area contributed by atoms with Crippen LogP contribution in [-0.4, -0.2) is 58.2 Å². The number of nitriles is 1. The Hall–Kier alpha value is -2.39. The third-order valence-electron chi connectivity index (χ3n) is 3.91. The first-order chi connectivity index (χ1) is 10.2. The van der Waals surface area contributed by atoms with Crippen molar-refractivity contribution in [1.29, 1.82) is 5.26 Å². The van der Waals surface area contributed by atoms with Gasteiger partial charge in [0.15, 0.2) is 5.69 Å². The van der Waals surface area contributed by atoms with Crippen LogP contribution in [0.15, 0.2) is 24.3 Å². The number of nitrogens with zero attached hydrogens (tertiary/aromatic N) is 5. The molecule has 1 aromatic heterocycles. The summed E-state index contributed by atoms with van der Waals surface area (Å²) in [5.74, 6) is -0.0246. The molecule has 1 amide bonds. The lowest BCUT2D eigenvalue weighted by atomic mass is 10.2. The largest absolute Gasteiger partial charge is 0.335 e. The van der Waals surface area contributed by atoms with Crippen molar-refractivity contribution in [3.8, 4) is 6.07 Å². The molecule has 1 aromatic carbocycles. The highest BCUT2D eigenvalue weighted by atomic mass is 16.2. The summed E-state index contributed by atoms with van der Waals surface area (Å²) in [7, 11) is 1.85. The molecule has 2 heterocycles. The molecule has 2 aromatic rings. The van der Waals surface area contributed by atoms with Crippen molar-refractivity contribution in [3.63, 3.8) is 0 Å². The van der Waals surface area contributed by atoms with E-state index in [1.54, 1.807) is 4.68 Å². The molecular formula is C15H17N5O. The number of amides is 1. The second-order valence-corrected chi connectivity index (χ2v) is 5.22. The quantitative estimate of drug-likeness (QED) is 0.767. The van der Waals surface area contributed by atoms with Crippen molar-refractivity contribution in [2.75, 3.05) is 32.7 Å². The van der Waals surface area contributed by atoms with Crippen LogP contribution in [0, 0.1) is 11.3 Å². The van der Waals surface area contributed by atoms with Gasteiger partial charge in [-0.2, -0.15) is 10.4 Å². The van der Waals surface area contributed by atoms with Crippen molar-refractivity contribution in [2.24, 2.45) is 7.05 Å². The molecule has 21 heavy (non-hydrogen) atoms. The number of para-hydroxylation sites is 1. The Morgan fingerprint density at radius 2 is 2.00 bits per heavy atom. The molecule has 108 valence electrons. The van der Waals surface area contributed by atoms with E-state index in [2.05, 4.69) is 16.1 Å². The first-order valence-corrected chi connectivity index (χ1v) is 7.01. The number of aryl methyl sites for hydroxylation is 1. The Labute approximate surface area is 123 Å². The number of hydrogen-bond acceptors (Lipinski definition) is 4. The first kappa shape index (κ1) is 13.6. The lowest BCUT2D eigenvalue weighted by molar-refractivity contribution is 0.0647. The zero-order valence-electron chi connectivity index (χ0n) is 12.0. The standard InChI is InChI=1S/C15H17N5O/c1-18-13-5-3-2-4-12(13)14(17-18)15(21)20-10-8-19(7-6-16)9-11-20/h2-5H,7-11H2,1H3. The lowest BCUT2D eigenvalue weighted by Crippen LogP contribution is -2.48. The van der Waals surface area contributed by atoms with Crippen LogP contribution in [0.4, 0.5) is 0 Å². The summed E-state index contributed by atoms with van der Waals surface area (Å²) in [6.07, 6.45) is 0. The Morgan fingerprint density at radius 3 is 2.71 bits per heavy atom. The summed E-state index contributed by atoms with van der Waals surface area (Å²) in [6, 6.07) is 9.91. The van der Waals surface area contributed by atoms with Crippen LogP contribution in [0.1, 0.15) is 10.5 Å². The average molecular weight is 283 g/mol. The summed E-state index contributed by atoms with van der Waals surface area (Å²) in [5.41, 5.74) is 1.48. The van der Waals surface area contributed by atoms with Crippen LogP contribution in [0.5, 0.6) is 0 Å². The Kier molecular flexibility index (Phi) is 3.59. The second kappa shape index (κ2) is 5.54. The van der Waals surface area contributed by atoms with E-state index in [0.717, 1.165) is 24.0 Å². The van der Waals surface area contributed by atoms with Gasteiger partial charge in [-0.3, -0.25) is 14.4 Å². The summed E-state index contributed by atoms with van der Waals surface area (Å²) >= 11 is 0. The smallest absolute Gasteiger partial charge is 0.275 e. The van der Waals surface area contributed by atoms with Crippen molar-refractivity contribution in [1.82, 2.24) is 19.6 Å². The zero-order chi connectivity index (χ0) is 14.8. The van der Waals surface area contributed by atoms with E-state index in [9.17, 15) is 4.79 Å². The first-order valence-electron chi connectivity index (χ1n) is 7.01. The monoisotopic (exact) mass is 283 g/mol. The molecule has 1 aliphatic rings. The van der Waals surface area contributed by atoms with E-state index in [1.165, 1.54) is 0 Å². The molecule has 0 aliphatic carbocycles. The molecular weight excluding hydrogens is 266 g/mol. The van der Waals surface area contributed by atoms with E-state index in [4.69, 9.17) is 5.26 Å². The van der Waals surface area contributed by atoms with Gasteiger partial charge in [-0.25, -0.2) is 0 Å². The minimum atomic E-state index is -0.0246. The number of benzene rings is 1. The third-order valence-corrected chi connectivity index (χ3v) is 3.91. The maximum Gasteiger partial charge on any atom is 0.275 e. The van der Waals surface area contributed by atoms with Gasteiger partial charge in [-0.05, 0) is 6.07 Å². The van der Waals surface area contributed by atoms with E-state index in [0.29, 0.717) is 25.3 Å². The normalized spacial score (nSPS) is 16.1. The van der Waals surface area contributed by atoms with Crippen molar-refractivity contribution < 1.29 is 4.79 Å². The van der Waals surface area contributed by atoms with Crippen molar-refractivity contribution in [2.45, 2.75) is 0 Å². The number of piperazine rings is 1. The maximum absolute atomic E-state index is 12.7. The Bertz CT molecular complexity index is 706. The highest BCUT2D eigenvalue weighted by molar-refractivity contribution is 6.04. The van der Waals surface area contributed by atoms with Crippen molar-refractivity contribution >= 4 is 16.8 Å². The van der Waals surface area contributed by atoms with Gasteiger partial charge in [0.2, 0.25) is 0 Å². The number of carbonyl (C=O) groups is 1. The third kappa shape index (κ3) is 2.48. The molecule has 6 heteroatoms. The molecule has 0 spiro atoms. The fourth-order valence-corrected chi connectivity index (χ4v) is 2.73. The fraction of sp³-hybridized carbons (Fsp3) is 0.400. The number of fused-ring (bicyclic) bond motifs is 1. The van der Waals surface area contributed by atoms with Crippen LogP contribution in [-0.2, 0) is 7.05 Å². The van der Waals surface area contributed by atoms with E-state index >= 15 is 0 Å². The Balaban J connectivity index is 1.81. The molecule has 3 rings (SSSR count). The SMILES string of the molecule is Cn1nc(C(=O)N2CCN(CC#N)CC2)c2ccccc21. The van der Waals surface area contributed by atoms with E-state index in [1.807, 2.05) is 36.2 Å². The summed E-state index contributed by atoms with van der Waals surface area (Å²) in [6.45, 7) is 3.19. The molecule has 0 saturated carbocycles. The van der Waals surface area contributed by atoms with Gasteiger partial charge in [-0.1, -0.05) is 18.2 Å². The molecule has 1 saturated heterocycles. The van der Waals surface area contributed by atoms with Crippen LogP contribution in [0.3, 0.4) is 0 Å². The molecule has 0 bridgehead atoms. The molecule has 1 fully saturated rings. The van der Waals surface area contributed by atoms with E-state index < -0.39 is 0 Å². The maximum atomic E-state index is 12.7. The average Bonchev–Trinajstić information content (AvgIpc) is 2.85. The minimum absolute atomic E-state index is 0.0246. The van der Waals surface area contributed by atoms with Gasteiger partial charge in [0.05, 0.1) is 18.1 Å². The number of hydrogen-bond donors (Lipinski definition) is 0. The summed E-state index contributed by atoms with van der Waals surface area (Å²) in [5, 5.41) is 14.0. The van der Waals surface area contributed by atoms with Gasteiger partial charge < -0.3 is 4.90 Å². The van der Waals surface area contributed by atoms with Crippen LogP contribution >= 0.6 is 0 Å². The molecule has 0 radical (unpaired) electrons.